The number of carbonyl (C=O) groups is 1. The molecule has 0 aromatic rings. The number of unbranched alkanes of at least 4 members (excludes halogenated alkanes) is 1. The maximum atomic E-state index is 10.8. The summed E-state index contributed by atoms with van der Waals surface area (Å²) in [6.45, 7) is 0.254. The first kappa shape index (κ1) is 18.0. The molecule has 0 bridgehead atoms. The SMILES string of the molecule is Cl.NCCCC[C@H](NCC(O)CO)C(=O)O. The number of aliphatic carboxylic acids is 1. The predicted molar refractivity (Wildman–Crippen MR) is 62.7 cm³/mol. The number of hydrogen-bond acceptors (Lipinski definition) is 5. The number of aliphatic hydroxyl groups is 2. The summed E-state index contributed by atoms with van der Waals surface area (Å²) in [7, 11) is 0. The van der Waals surface area contributed by atoms with Gasteiger partial charge in [0.1, 0.15) is 6.04 Å². The van der Waals surface area contributed by atoms with Crippen LogP contribution in [0.5, 0.6) is 0 Å². The molecule has 2 atom stereocenters. The second-order valence-electron chi connectivity index (χ2n) is 3.42. The van der Waals surface area contributed by atoms with Crippen LogP contribution in [0.1, 0.15) is 19.3 Å². The van der Waals surface area contributed by atoms with Gasteiger partial charge in [0.2, 0.25) is 0 Å². The van der Waals surface area contributed by atoms with E-state index in [1.165, 1.54) is 0 Å². The maximum Gasteiger partial charge on any atom is 0.320 e. The van der Waals surface area contributed by atoms with Crippen molar-refractivity contribution in [3.8, 4) is 0 Å². The van der Waals surface area contributed by atoms with Crippen LogP contribution in [-0.2, 0) is 4.79 Å². The molecule has 0 aliphatic carbocycles. The Bertz CT molecular complexity index is 183. The lowest BCUT2D eigenvalue weighted by Crippen LogP contribution is -2.41. The van der Waals surface area contributed by atoms with Gasteiger partial charge in [-0.2, -0.15) is 0 Å². The van der Waals surface area contributed by atoms with Gasteiger partial charge in [-0.3, -0.25) is 4.79 Å². The smallest absolute Gasteiger partial charge is 0.320 e. The Morgan fingerprint density at radius 1 is 1.38 bits per heavy atom. The molecule has 0 rings (SSSR count). The van der Waals surface area contributed by atoms with Crippen LogP contribution in [0, 0.1) is 0 Å². The molecule has 0 saturated carbocycles. The van der Waals surface area contributed by atoms with E-state index in [2.05, 4.69) is 5.32 Å². The third-order valence-electron chi connectivity index (χ3n) is 2.06. The number of nitrogens with two attached hydrogens (primary N) is 1. The van der Waals surface area contributed by atoms with Crippen molar-refractivity contribution >= 4 is 18.4 Å². The highest BCUT2D eigenvalue weighted by Crippen LogP contribution is 2.00. The van der Waals surface area contributed by atoms with Crippen molar-refractivity contribution in [2.24, 2.45) is 5.73 Å². The minimum absolute atomic E-state index is 0. The summed E-state index contributed by atoms with van der Waals surface area (Å²) in [5.41, 5.74) is 5.29. The molecule has 16 heavy (non-hydrogen) atoms. The Kier molecular flexibility index (Phi) is 12.5. The largest absolute Gasteiger partial charge is 0.480 e. The fraction of sp³-hybridized carbons (Fsp3) is 0.889. The molecule has 0 saturated heterocycles. The zero-order valence-electron chi connectivity index (χ0n) is 9.13. The first-order valence-corrected chi connectivity index (χ1v) is 5.07. The van der Waals surface area contributed by atoms with Gasteiger partial charge in [-0.05, 0) is 19.4 Å². The first-order valence-electron chi connectivity index (χ1n) is 5.07. The van der Waals surface area contributed by atoms with Crippen LogP contribution in [0.3, 0.4) is 0 Å². The molecule has 0 aliphatic rings. The van der Waals surface area contributed by atoms with E-state index in [4.69, 9.17) is 21.1 Å². The maximum absolute atomic E-state index is 10.8. The normalized spacial score (nSPS) is 13.9. The number of halogens is 1. The summed E-state index contributed by atoms with van der Waals surface area (Å²) in [6.07, 6.45) is 1.08. The van der Waals surface area contributed by atoms with Crippen LogP contribution >= 0.6 is 12.4 Å². The van der Waals surface area contributed by atoms with Crippen LogP contribution in [0.25, 0.3) is 0 Å². The van der Waals surface area contributed by atoms with Gasteiger partial charge in [0, 0.05) is 6.54 Å². The third kappa shape index (κ3) is 8.87. The Labute approximate surface area is 101 Å². The molecule has 0 aliphatic heterocycles. The van der Waals surface area contributed by atoms with E-state index in [9.17, 15) is 4.79 Å². The Hall–Kier alpha value is -0.400. The molecule has 0 aromatic heterocycles. The molecule has 6 N–H and O–H groups in total. The van der Waals surface area contributed by atoms with Gasteiger partial charge in [-0.15, -0.1) is 12.4 Å². The average Bonchev–Trinajstić information content (AvgIpc) is 2.22. The van der Waals surface area contributed by atoms with Crippen molar-refractivity contribution in [2.45, 2.75) is 31.4 Å². The van der Waals surface area contributed by atoms with E-state index in [1.54, 1.807) is 0 Å². The molecule has 0 heterocycles. The zero-order valence-corrected chi connectivity index (χ0v) is 9.95. The van der Waals surface area contributed by atoms with E-state index in [0.29, 0.717) is 13.0 Å². The van der Waals surface area contributed by atoms with Crippen LogP contribution in [-0.4, -0.2) is 53.1 Å². The highest BCUT2D eigenvalue weighted by molar-refractivity contribution is 5.85. The number of rotatable bonds is 9. The number of nitrogens with one attached hydrogen (secondary N) is 1. The van der Waals surface area contributed by atoms with E-state index >= 15 is 0 Å². The summed E-state index contributed by atoms with van der Waals surface area (Å²) in [6, 6.07) is -0.683. The van der Waals surface area contributed by atoms with Crippen LogP contribution in [0.4, 0.5) is 0 Å². The summed E-state index contributed by atoms with van der Waals surface area (Å²) >= 11 is 0. The van der Waals surface area contributed by atoms with Crippen LogP contribution in [0.2, 0.25) is 0 Å². The molecule has 0 aromatic carbocycles. The Morgan fingerprint density at radius 2 is 2.00 bits per heavy atom. The fourth-order valence-corrected chi connectivity index (χ4v) is 1.15. The number of carboxylic acid groups (broad SMARTS) is 1. The first-order chi connectivity index (χ1) is 7.11. The number of hydrogen-bond donors (Lipinski definition) is 5. The highest BCUT2D eigenvalue weighted by Gasteiger charge is 2.17. The van der Waals surface area contributed by atoms with Crippen molar-refractivity contribution in [3.63, 3.8) is 0 Å². The number of carboxylic acids is 1. The van der Waals surface area contributed by atoms with Gasteiger partial charge < -0.3 is 26.4 Å². The van der Waals surface area contributed by atoms with E-state index in [1.807, 2.05) is 0 Å². The average molecular weight is 257 g/mol. The Balaban J connectivity index is 0. The molecule has 0 amide bonds. The molecule has 0 radical (unpaired) electrons. The molecule has 0 fully saturated rings. The van der Waals surface area contributed by atoms with Gasteiger partial charge in [-0.1, -0.05) is 6.42 Å². The summed E-state index contributed by atoms with van der Waals surface area (Å²) < 4.78 is 0. The minimum atomic E-state index is -0.947. The molecular weight excluding hydrogens is 236 g/mol. The lowest BCUT2D eigenvalue weighted by Gasteiger charge is -2.16. The van der Waals surface area contributed by atoms with E-state index in [-0.39, 0.29) is 25.6 Å². The van der Waals surface area contributed by atoms with Gasteiger partial charge in [0.05, 0.1) is 12.7 Å². The third-order valence-corrected chi connectivity index (χ3v) is 2.06. The van der Waals surface area contributed by atoms with Crippen molar-refractivity contribution in [1.82, 2.24) is 5.32 Å². The van der Waals surface area contributed by atoms with Crippen LogP contribution in [0.15, 0.2) is 0 Å². The lowest BCUT2D eigenvalue weighted by molar-refractivity contribution is -0.139. The fourth-order valence-electron chi connectivity index (χ4n) is 1.15. The summed E-state index contributed by atoms with van der Waals surface area (Å²) in [4.78, 5) is 10.8. The molecule has 1 unspecified atom stereocenters. The summed E-state index contributed by atoms with van der Waals surface area (Å²) in [5.74, 6) is -0.947. The van der Waals surface area contributed by atoms with Gasteiger partial charge in [0.15, 0.2) is 0 Å². The molecular formula is C9H21ClN2O4. The van der Waals surface area contributed by atoms with Crippen molar-refractivity contribution < 1.29 is 20.1 Å². The molecule has 6 nitrogen and oxygen atoms in total. The standard InChI is InChI=1S/C9H20N2O4.ClH/c10-4-2-1-3-8(9(14)15)11-5-7(13)6-12;/h7-8,11-13H,1-6,10H2,(H,14,15);1H/t7?,8-;/m0./s1. The van der Waals surface area contributed by atoms with Gasteiger partial charge >= 0.3 is 5.97 Å². The van der Waals surface area contributed by atoms with Crippen LogP contribution < -0.4 is 11.1 Å². The lowest BCUT2D eigenvalue weighted by atomic mass is 10.1. The quantitative estimate of drug-likeness (QED) is 0.336. The molecule has 7 heteroatoms. The highest BCUT2D eigenvalue weighted by atomic mass is 35.5. The van der Waals surface area contributed by atoms with Gasteiger partial charge in [-0.25, -0.2) is 0 Å². The second-order valence-corrected chi connectivity index (χ2v) is 3.42. The molecule has 98 valence electrons. The Morgan fingerprint density at radius 3 is 2.44 bits per heavy atom. The minimum Gasteiger partial charge on any atom is -0.480 e. The van der Waals surface area contributed by atoms with Crippen molar-refractivity contribution in [3.05, 3.63) is 0 Å². The van der Waals surface area contributed by atoms with Crippen molar-refractivity contribution in [1.29, 1.82) is 0 Å². The monoisotopic (exact) mass is 256 g/mol. The topological polar surface area (TPSA) is 116 Å². The van der Waals surface area contributed by atoms with E-state index in [0.717, 1.165) is 12.8 Å². The van der Waals surface area contributed by atoms with E-state index < -0.39 is 18.1 Å². The predicted octanol–water partition coefficient (Wildman–Crippen LogP) is -1.07. The van der Waals surface area contributed by atoms with Gasteiger partial charge in [0.25, 0.3) is 0 Å². The second kappa shape index (κ2) is 11.1. The molecule has 0 spiro atoms. The summed E-state index contributed by atoms with van der Waals surface area (Å²) in [5, 5.41) is 29.1. The number of aliphatic hydroxyl groups excluding tert-OH is 2. The zero-order chi connectivity index (χ0) is 11.7. The van der Waals surface area contributed by atoms with Crippen molar-refractivity contribution in [2.75, 3.05) is 19.7 Å².